The summed E-state index contributed by atoms with van der Waals surface area (Å²) in [6, 6.07) is 8.37. The highest BCUT2D eigenvalue weighted by Crippen LogP contribution is 2.36. The molecule has 0 bridgehead atoms. The Morgan fingerprint density at radius 2 is 2.12 bits per heavy atom. The van der Waals surface area contributed by atoms with Crippen molar-refractivity contribution in [1.82, 2.24) is 4.98 Å². The van der Waals surface area contributed by atoms with Crippen molar-refractivity contribution in [1.29, 1.82) is 0 Å². The summed E-state index contributed by atoms with van der Waals surface area (Å²) in [6.45, 7) is 4.95. The summed E-state index contributed by atoms with van der Waals surface area (Å²) in [5, 5.41) is 0. The first-order chi connectivity index (χ1) is 12.0. The number of pyridine rings is 1. The van der Waals surface area contributed by atoms with E-state index in [0.29, 0.717) is 5.88 Å². The molecule has 4 rings (SSSR count). The van der Waals surface area contributed by atoms with E-state index in [2.05, 4.69) is 31.0 Å². The number of aromatic nitrogens is 1. The Bertz CT molecular complexity index is 785. The van der Waals surface area contributed by atoms with Crippen molar-refractivity contribution < 1.29 is 9.47 Å². The lowest BCUT2D eigenvalue weighted by atomic mass is 9.96. The first-order valence-electron chi connectivity index (χ1n) is 9.19. The number of nitrogen functional groups attached to an aromatic ring is 1. The van der Waals surface area contributed by atoms with Crippen LogP contribution >= 0.6 is 0 Å². The summed E-state index contributed by atoms with van der Waals surface area (Å²) in [7, 11) is 0. The van der Waals surface area contributed by atoms with Gasteiger partial charge in [0.2, 0.25) is 5.88 Å². The average molecular weight is 338 g/mol. The molecular weight excluding hydrogens is 312 g/mol. The number of hydrogen-bond acceptors (Lipinski definition) is 4. The van der Waals surface area contributed by atoms with Crippen LogP contribution in [0.1, 0.15) is 44.2 Å². The van der Waals surface area contributed by atoms with Gasteiger partial charge in [0.15, 0.2) is 0 Å². The van der Waals surface area contributed by atoms with Gasteiger partial charge in [-0.1, -0.05) is 12.1 Å². The van der Waals surface area contributed by atoms with Crippen molar-refractivity contribution in [2.24, 2.45) is 0 Å². The van der Waals surface area contributed by atoms with Crippen LogP contribution in [-0.2, 0) is 17.6 Å². The average Bonchev–Trinajstić information content (AvgIpc) is 3.04. The monoisotopic (exact) mass is 338 g/mol. The summed E-state index contributed by atoms with van der Waals surface area (Å²) < 4.78 is 11.9. The molecule has 2 aromatic rings. The quantitative estimate of drug-likeness (QED) is 0.854. The van der Waals surface area contributed by atoms with E-state index in [1.54, 1.807) is 0 Å². The SMILES string of the molecule is CC1(C)CC(Oc2cc(-c3ccc4c(c3N)CCC4)ccn2)CCO1. The smallest absolute Gasteiger partial charge is 0.214 e. The molecule has 4 nitrogen and oxygen atoms in total. The van der Waals surface area contributed by atoms with Gasteiger partial charge in [-0.05, 0) is 55.9 Å². The Labute approximate surface area is 149 Å². The number of fused-ring (bicyclic) bond motifs is 1. The van der Waals surface area contributed by atoms with E-state index in [1.165, 1.54) is 17.5 Å². The van der Waals surface area contributed by atoms with Gasteiger partial charge in [-0.3, -0.25) is 0 Å². The van der Waals surface area contributed by atoms with Crippen LogP contribution in [0.4, 0.5) is 5.69 Å². The van der Waals surface area contributed by atoms with Crippen LogP contribution in [0.2, 0.25) is 0 Å². The second-order valence-corrected chi connectivity index (χ2v) is 7.74. The Kier molecular flexibility index (Phi) is 4.16. The molecular formula is C21H26N2O2. The van der Waals surface area contributed by atoms with Crippen LogP contribution in [-0.4, -0.2) is 23.3 Å². The molecule has 1 aliphatic carbocycles. The molecule has 25 heavy (non-hydrogen) atoms. The zero-order valence-electron chi connectivity index (χ0n) is 15.0. The number of hydrogen-bond donors (Lipinski definition) is 1. The minimum absolute atomic E-state index is 0.134. The Morgan fingerprint density at radius 3 is 2.96 bits per heavy atom. The van der Waals surface area contributed by atoms with E-state index in [0.717, 1.165) is 49.1 Å². The molecule has 1 saturated heterocycles. The van der Waals surface area contributed by atoms with Crippen LogP contribution in [0, 0.1) is 0 Å². The van der Waals surface area contributed by atoms with Crippen molar-refractivity contribution in [3.63, 3.8) is 0 Å². The maximum Gasteiger partial charge on any atom is 0.214 e. The van der Waals surface area contributed by atoms with E-state index in [1.807, 2.05) is 18.3 Å². The number of nitrogens with zero attached hydrogens (tertiary/aromatic N) is 1. The lowest BCUT2D eigenvalue weighted by molar-refractivity contribution is -0.0904. The molecule has 1 aliphatic heterocycles. The van der Waals surface area contributed by atoms with Crippen molar-refractivity contribution in [3.05, 3.63) is 41.6 Å². The van der Waals surface area contributed by atoms with Gasteiger partial charge in [0.1, 0.15) is 6.10 Å². The van der Waals surface area contributed by atoms with Gasteiger partial charge in [0.05, 0.1) is 12.2 Å². The molecule has 1 fully saturated rings. The number of aryl methyl sites for hydroxylation is 1. The van der Waals surface area contributed by atoms with E-state index in [4.69, 9.17) is 15.2 Å². The van der Waals surface area contributed by atoms with E-state index in [-0.39, 0.29) is 11.7 Å². The molecule has 1 aromatic carbocycles. The summed E-state index contributed by atoms with van der Waals surface area (Å²) in [5.74, 6) is 0.667. The predicted molar refractivity (Wildman–Crippen MR) is 99.8 cm³/mol. The normalized spacial score (nSPS) is 21.8. The molecule has 2 aliphatic rings. The van der Waals surface area contributed by atoms with Crippen LogP contribution in [0.25, 0.3) is 11.1 Å². The number of ether oxygens (including phenoxy) is 2. The van der Waals surface area contributed by atoms with E-state index in [9.17, 15) is 0 Å². The van der Waals surface area contributed by atoms with Crippen molar-refractivity contribution >= 4 is 5.69 Å². The summed E-state index contributed by atoms with van der Waals surface area (Å²) in [5.41, 5.74) is 12.1. The molecule has 0 saturated carbocycles. The number of nitrogens with two attached hydrogens (primary N) is 1. The molecule has 2 N–H and O–H groups in total. The van der Waals surface area contributed by atoms with Gasteiger partial charge >= 0.3 is 0 Å². The van der Waals surface area contributed by atoms with Gasteiger partial charge in [-0.2, -0.15) is 0 Å². The van der Waals surface area contributed by atoms with E-state index < -0.39 is 0 Å². The highest BCUT2D eigenvalue weighted by atomic mass is 16.5. The first kappa shape index (κ1) is 16.4. The van der Waals surface area contributed by atoms with Crippen LogP contribution in [0.3, 0.4) is 0 Å². The van der Waals surface area contributed by atoms with E-state index >= 15 is 0 Å². The van der Waals surface area contributed by atoms with Crippen LogP contribution < -0.4 is 10.5 Å². The highest BCUT2D eigenvalue weighted by molar-refractivity contribution is 5.80. The maximum absolute atomic E-state index is 6.46. The molecule has 1 aromatic heterocycles. The summed E-state index contributed by atoms with van der Waals surface area (Å²) >= 11 is 0. The van der Waals surface area contributed by atoms with Crippen molar-refractivity contribution in [2.45, 2.75) is 57.7 Å². The topological polar surface area (TPSA) is 57.4 Å². The fraction of sp³-hybridized carbons (Fsp3) is 0.476. The minimum atomic E-state index is -0.134. The molecule has 132 valence electrons. The Hall–Kier alpha value is -2.07. The predicted octanol–water partition coefficient (Wildman–Crippen LogP) is 4.16. The zero-order chi connectivity index (χ0) is 17.4. The van der Waals surface area contributed by atoms with Gasteiger partial charge in [0.25, 0.3) is 0 Å². The molecule has 1 atom stereocenters. The van der Waals surface area contributed by atoms with Crippen LogP contribution in [0.15, 0.2) is 30.5 Å². The second kappa shape index (κ2) is 6.34. The molecule has 1 unspecified atom stereocenters. The second-order valence-electron chi connectivity index (χ2n) is 7.74. The zero-order valence-corrected chi connectivity index (χ0v) is 15.0. The molecule has 0 spiro atoms. The number of rotatable bonds is 3. The lowest BCUT2D eigenvalue weighted by Crippen LogP contribution is -2.39. The fourth-order valence-electron chi connectivity index (χ4n) is 4.04. The van der Waals surface area contributed by atoms with Gasteiger partial charge in [0, 0.05) is 36.4 Å². The highest BCUT2D eigenvalue weighted by Gasteiger charge is 2.30. The molecule has 0 radical (unpaired) electrons. The maximum atomic E-state index is 6.46. The van der Waals surface area contributed by atoms with Crippen molar-refractivity contribution in [2.75, 3.05) is 12.3 Å². The third-order valence-electron chi connectivity index (χ3n) is 5.31. The summed E-state index contributed by atoms with van der Waals surface area (Å²) in [4.78, 5) is 4.41. The Morgan fingerprint density at radius 1 is 1.24 bits per heavy atom. The van der Waals surface area contributed by atoms with Crippen molar-refractivity contribution in [3.8, 4) is 17.0 Å². The van der Waals surface area contributed by atoms with Crippen LogP contribution in [0.5, 0.6) is 5.88 Å². The van der Waals surface area contributed by atoms with Gasteiger partial charge < -0.3 is 15.2 Å². The van der Waals surface area contributed by atoms with Gasteiger partial charge in [-0.15, -0.1) is 0 Å². The number of anilines is 1. The first-order valence-corrected chi connectivity index (χ1v) is 9.19. The standard InChI is InChI=1S/C21H26N2O2/c1-21(2)13-16(9-11-24-21)25-19-12-15(8-10-23-19)18-7-6-14-4-3-5-17(14)20(18)22/h6-8,10,12,16H,3-5,9,11,13,22H2,1-2H3. The summed E-state index contributed by atoms with van der Waals surface area (Å²) in [6.07, 6.45) is 7.15. The Balaban J connectivity index is 1.58. The molecule has 4 heteroatoms. The fourth-order valence-corrected chi connectivity index (χ4v) is 4.04. The molecule has 0 amide bonds. The number of benzene rings is 1. The lowest BCUT2D eigenvalue weighted by Gasteiger charge is -2.35. The third-order valence-corrected chi connectivity index (χ3v) is 5.31. The largest absolute Gasteiger partial charge is 0.474 e. The van der Waals surface area contributed by atoms with Gasteiger partial charge in [-0.25, -0.2) is 4.98 Å². The minimum Gasteiger partial charge on any atom is -0.474 e. The third kappa shape index (κ3) is 3.36. The molecule has 2 heterocycles.